The van der Waals surface area contributed by atoms with Crippen molar-refractivity contribution in [3.05, 3.63) is 18.0 Å². The zero-order valence-electron chi connectivity index (χ0n) is 11.3. The van der Waals surface area contributed by atoms with Gasteiger partial charge in [0.05, 0.1) is 12.2 Å². The molecule has 0 amide bonds. The fourth-order valence-corrected chi connectivity index (χ4v) is 2.83. The van der Waals surface area contributed by atoms with E-state index < -0.39 is 0 Å². The van der Waals surface area contributed by atoms with E-state index in [2.05, 4.69) is 42.1 Å². The quantitative estimate of drug-likeness (QED) is 0.869. The Morgan fingerprint density at radius 3 is 2.94 bits per heavy atom. The van der Waals surface area contributed by atoms with E-state index in [-0.39, 0.29) is 0 Å². The molecule has 0 saturated heterocycles. The van der Waals surface area contributed by atoms with Gasteiger partial charge in [-0.25, -0.2) is 0 Å². The lowest BCUT2D eigenvalue weighted by atomic mass is 9.83. The van der Waals surface area contributed by atoms with E-state index in [9.17, 15) is 0 Å². The predicted molar refractivity (Wildman–Crippen MR) is 71.1 cm³/mol. The summed E-state index contributed by atoms with van der Waals surface area (Å²) in [6, 6.07) is 1.14. The van der Waals surface area contributed by atoms with Crippen LogP contribution in [0.2, 0.25) is 0 Å². The molecule has 1 fully saturated rings. The van der Waals surface area contributed by atoms with Crippen LogP contribution in [-0.4, -0.2) is 22.4 Å². The third kappa shape index (κ3) is 3.09. The minimum Gasteiger partial charge on any atom is -0.312 e. The molecule has 1 saturated carbocycles. The molecule has 0 aliphatic heterocycles. The highest BCUT2D eigenvalue weighted by Crippen LogP contribution is 2.32. The Morgan fingerprint density at radius 1 is 1.47 bits per heavy atom. The van der Waals surface area contributed by atoms with Crippen LogP contribution in [0.25, 0.3) is 0 Å². The van der Waals surface area contributed by atoms with Crippen LogP contribution < -0.4 is 5.32 Å². The molecule has 3 unspecified atom stereocenters. The lowest BCUT2D eigenvalue weighted by Crippen LogP contribution is -2.42. The van der Waals surface area contributed by atoms with Crippen LogP contribution in [0.5, 0.6) is 0 Å². The summed E-state index contributed by atoms with van der Waals surface area (Å²) in [5.41, 5.74) is 1.26. The van der Waals surface area contributed by atoms with Crippen molar-refractivity contribution in [2.45, 2.75) is 58.5 Å². The predicted octanol–water partition coefficient (Wildman–Crippen LogP) is 2.92. The third-order valence-electron chi connectivity index (χ3n) is 3.81. The van der Waals surface area contributed by atoms with Crippen LogP contribution in [0.1, 0.15) is 51.1 Å². The minimum absolute atomic E-state index is 0.541. The summed E-state index contributed by atoms with van der Waals surface area (Å²) in [7, 11) is 0. The van der Waals surface area contributed by atoms with Gasteiger partial charge in [0.2, 0.25) is 0 Å². The van der Waals surface area contributed by atoms with Crippen molar-refractivity contribution < 1.29 is 0 Å². The van der Waals surface area contributed by atoms with Crippen LogP contribution in [0.15, 0.2) is 12.4 Å². The van der Waals surface area contributed by atoms with Crippen molar-refractivity contribution in [3.8, 4) is 0 Å². The minimum atomic E-state index is 0.541. The van der Waals surface area contributed by atoms with Crippen LogP contribution in [0.3, 0.4) is 0 Å². The normalized spacial score (nSPS) is 29.5. The molecule has 17 heavy (non-hydrogen) atoms. The van der Waals surface area contributed by atoms with E-state index in [0.29, 0.717) is 12.1 Å². The summed E-state index contributed by atoms with van der Waals surface area (Å²) in [5.74, 6) is 0.823. The molecule has 1 heterocycles. The van der Waals surface area contributed by atoms with Gasteiger partial charge in [0.25, 0.3) is 0 Å². The maximum Gasteiger partial charge on any atom is 0.0674 e. The maximum atomic E-state index is 4.51. The number of nitrogens with zero attached hydrogens (tertiary/aromatic N) is 2. The van der Waals surface area contributed by atoms with Gasteiger partial charge in [-0.3, -0.25) is 4.68 Å². The number of rotatable bonds is 4. The Hall–Kier alpha value is -0.830. The van der Waals surface area contributed by atoms with Crippen LogP contribution in [-0.2, 0) is 0 Å². The molecule has 0 aromatic carbocycles. The van der Waals surface area contributed by atoms with Crippen LogP contribution in [0.4, 0.5) is 0 Å². The number of aromatic nitrogens is 2. The van der Waals surface area contributed by atoms with Gasteiger partial charge in [-0.05, 0) is 50.6 Å². The van der Waals surface area contributed by atoms with Gasteiger partial charge in [-0.15, -0.1) is 0 Å². The van der Waals surface area contributed by atoms with E-state index >= 15 is 0 Å². The topological polar surface area (TPSA) is 29.9 Å². The average Bonchev–Trinajstić information content (AvgIpc) is 2.74. The lowest BCUT2D eigenvalue weighted by molar-refractivity contribution is 0.203. The van der Waals surface area contributed by atoms with Crippen molar-refractivity contribution >= 4 is 0 Å². The van der Waals surface area contributed by atoms with E-state index in [0.717, 1.165) is 12.5 Å². The highest BCUT2D eigenvalue weighted by atomic mass is 15.3. The Labute approximate surface area is 105 Å². The Balaban J connectivity index is 2.08. The molecule has 0 spiro atoms. The first-order valence-electron chi connectivity index (χ1n) is 6.94. The zero-order valence-corrected chi connectivity index (χ0v) is 11.3. The zero-order chi connectivity index (χ0) is 12.3. The highest BCUT2D eigenvalue weighted by Gasteiger charge is 2.29. The molecular formula is C14H25N3. The van der Waals surface area contributed by atoms with Gasteiger partial charge in [-0.2, -0.15) is 5.10 Å². The second kappa shape index (κ2) is 5.67. The molecular weight excluding hydrogens is 210 g/mol. The Morgan fingerprint density at radius 2 is 2.29 bits per heavy atom. The molecule has 1 aliphatic carbocycles. The van der Waals surface area contributed by atoms with Gasteiger partial charge < -0.3 is 5.32 Å². The largest absolute Gasteiger partial charge is 0.312 e. The summed E-state index contributed by atoms with van der Waals surface area (Å²) >= 11 is 0. The van der Waals surface area contributed by atoms with E-state index in [1.807, 2.05) is 6.20 Å². The summed E-state index contributed by atoms with van der Waals surface area (Å²) in [4.78, 5) is 0. The lowest BCUT2D eigenvalue weighted by Gasteiger charge is -2.35. The second-order valence-corrected chi connectivity index (χ2v) is 5.54. The van der Waals surface area contributed by atoms with Crippen molar-refractivity contribution in [1.29, 1.82) is 0 Å². The molecule has 0 bridgehead atoms. The molecule has 1 aromatic rings. The molecule has 3 heteroatoms. The molecule has 1 N–H and O–H groups in total. The van der Waals surface area contributed by atoms with Crippen molar-refractivity contribution in [2.75, 3.05) is 6.54 Å². The van der Waals surface area contributed by atoms with Crippen LogP contribution >= 0.6 is 0 Å². The fourth-order valence-electron chi connectivity index (χ4n) is 2.83. The molecule has 3 nitrogen and oxygen atoms in total. The first-order valence-corrected chi connectivity index (χ1v) is 6.94. The third-order valence-corrected chi connectivity index (χ3v) is 3.81. The summed E-state index contributed by atoms with van der Waals surface area (Å²) in [6.45, 7) is 7.82. The summed E-state index contributed by atoms with van der Waals surface area (Å²) < 4.78 is 2.18. The number of aryl methyl sites for hydroxylation is 1. The molecule has 1 aliphatic rings. The summed E-state index contributed by atoms with van der Waals surface area (Å²) in [6.07, 6.45) is 9.24. The first-order chi connectivity index (χ1) is 8.20. The smallest absolute Gasteiger partial charge is 0.0674 e. The van der Waals surface area contributed by atoms with Gasteiger partial charge in [-0.1, -0.05) is 13.8 Å². The van der Waals surface area contributed by atoms with Gasteiger partial charge in [0.1, 0.15) is 0 Å². The standard InChI is InChI=1S/C14H25N3/c1-4-7-15-13-6-5-11(2)8-14(13)17-10-12(3)9-16-17/h9-11,13-15H,4-8H2,1-3H3. The van der Waals surface area contributed by atoms with Crippen LogP contribution in [0, 0.1) is 12.8 Å². The van der Waals surface area contributed by atoms with Gasteiger partial charge >= 0.3 is 0 Å². The van der Waals surface area contributed by atoms with E-state index in [4.69, 9.17) is 0 Å². The number of hydrogen-bond acceptors (Lipinski definition) is 2. The van der Waals surface area contributed by atoms with E-state index in [1.54, 1.807) is 0 Å². The molecule has 96 valence electrons. The molecule has 0 radical (unpaired) electrons. The Kier molecular flexibility index (Phi) is 4.21. The number of hydrogen-bond donors (Lipinski definition) is 1. The molecule has 1 aromatic heterocycles. The second-order valence-electron chi connectivity index (χ2n) is 5.54. The van der Waals surface area contributed by atoms with Crippen molar-refractivity contribution in [2.24, 2.45) is 5.92 Å². The molecule has 2 rings (SSSR count). The van der Waals surface area contributed by atoms with E-state index in [1.165, 1.54) is 31.2 Å². The highest BCUT2D eigenvalue weighted by molar-refractivity contribution is 5.02. The van der Waals surface area contributed by atoms with Crippen molar-refractivity contribution in [3.63, 3.8) is 0 Å². The maximum absolute atomic E-state index is 4.51. The monoisotopic (exact) mass is 235 g/mol. The first kappa shape index (κ1) is 12.6. The fraction of sp³-hybridized carbons (Fsp3) is 0.786. The van der Waals surface area contributed by atoms with Gasteiger partial charge in [0, 0.05) is 12.2 Å². The Bertz CT molecular complexity index is 343. The average molecular weight is 235 g/mol. The SMILES string of the molecule is CCCNC1CCC(C)CC1n1cc(C)cn1. The number of nitrogens with one attached hydrogen (secondary N) is 1. The molecule has 3 atom stereocenters. The summed E-state index contributed by atoms with van der Waals surface area (Å²) in [5, 5.41) is 8.20. The van der Waals surface area contributed by atoms with Crippen molar-refractivity contribution in [1.82, 2.24) is 15.1 Å². The van der Waals surface area contributed by atoms with Gasteiger partial charge in [0.15, 0.2) is 0 Å².